The number of hydrogen-bond acceptors (Lipinski definition) is 5. The highest BCUT2D eigenvalue weighted by Gasteiger charge is 1.58. The number of nitrogens with zero attached hydrogens (tertiary/aromatic N) is 1. The molecular weight excluding hydrogens is 214 g/mol. The zero-order valence-corrected chi connectivity index (χ0v) is 10.8. The van der Waals surface area contributed by atoms with Crippen LogP contribution in [0.3, 0.4) is 0 Å². The summed E-state index contributed by atoms with van der Waals surface area (Å²) >= 11 is 0. The molecule has 0 saturated carbocycles. The lowest BCUT2D eigenvalue weighted by Gasteiger charge is -1.69. The molecule has 0 aliphatic rings. The fraction of sp³-hybridized carbons (Fsp3) is 1.00. The van der Waals surface area contributed by atoms with Gasteiger partial charge in [-0.3, -0.25) is 10.1 Å². The van der Waals surface area contributed by atoms with Crippen molar-refractivity contribution in [1.29, 1.82) is 0 Å². The summed E-state index contributed by atoms with van der Waals surface area (Å²) in [5.41, 5.74) is 0. The van der Waals surface area contributed by atoms with Gasteiger partial charge >= 0.3 is 0 Å². The average molecular weight is 241 g/mol. The van der Waals surface area contributed by atoms with Gasteiger partial charge in [0.05, 0.1) is 0 Å². The van der Waals surface area contributed by atoms with E-state index in [0.717, 1.165) is 26.3 Å². The summed E-state index contributed by atoms with van der Waals surface area (Å²) in [5.74, 6) is 0. The quantitative estimate of drug-likeness (QED) is 0.506. The Morgan fingerprint density at radius 3 is 0.938 bits per heavy atom. The third kappa shape index (κ3) is 385. The molecule has 0 bridgehead atoms. The van der Waals surface area contributed by atoms with Crippen LogP contribution in [0, 0.1) is 10.1 Å². The fourth-order valence-corrected chi connectivity index (χ4v) is 0. The summed E-state index contributed by atoms with van der Waals surface area (Å²) in [5, 5.41) is 32.4. The van der Waals surface area contributed by atoms with Crippen molar-refractivity contribution in [1.82, 2.24) is 0 Å². The first-order valence-electron chi connectivity index (χ1n) is 5.38. The van der Waals surface area contributed by atoms with Gasteiger partial charge < -0.3 is 15.3 Å². The minimum absolute atomic E-state index is 0.319. The Morgan fingerprint density at radius 2 is 0.938 bits per heavy atom. The van der Waals surface area contributed by atoms with Gasteiger partial charge in [0.15, 0.2) is 7.05 Å². The molecule has 6 nitrogen and oxygen atoms in total. The van der Waals surface area contributed by atoms with Crippen molar-refractivity contribution >= 4 is 0 Å². The summed E-state index contributed by atoms with van der Waals surface area (Å²) in [6.45, 7) is 6.75. The number of nitro groups is 1. The lowest BCUT2D eigenvalue weighted by atomic mass is 10.5. The summed E-state index contributed by atoms with van der Waals surface area (Å²) in [7, 11) is 0.889. The molecule has 0 rings (SSSR count). The van der Waals surface area contributed by atoms with Crippen LogP contribution in [-0.2, 0) is 0 Å². The van der Waals surface area contributed by atoms with Crippen LogP contribution in [-0.4, -0.2) is 47.1 Å². The van der Waals surface area contributed by atoms with E-state index in [9.17, 15) is 0 Å². The molecule has 0 amide bonds. The first-order valence-corrected chi connectivity index (χ1v) is 5.38. The molecule has 0 fully saturated rings. The van der Waals surface area contributed by atoms with Gasteiger partial charge in [-0.05, 0) is 19.3 Å². The van der Waals surface area contributed by atoms with Crippen LogP contribution < -0.4 is 0 Å². The first kappa shape index (κ1) is 24.5. The molecule has 102 valence electrons. The maximum atomic E-state index is 8.81. The zero-order chi connectivity index (χ0) is 13.8. The van der Waals surface area contributed by atoms with E-state index in [1.807, 2.05) is 20.8 Å². The van der Waals surface area contributed by atoms with E-state index >= 15 is 0 Å². The first-order chi connectivity index (χ1) is 7.47. The summed E-state index contributed by atoms with van der Waals surface area (Å²) in [6.07, 6.45) is 2.62. The second kappa shape index (κ2) is 36.7. The van der Waals surface area contributed by atoms with Crippen molar-refractivity contribution in [2.24, 2.45) is 0 Å². The highest BCUT2D eigenvalue weighted by molar-refractivity contribution is 4.10. The molecule has 16 heavy (non-hydrogen) atoms. The molecule has 3 N–H and O–H groups in total. The van der Waals surface area contributed by atoms with Crippen molar-refractivity contribution in [3.05, 3.63) is 10.1 Å². The Morgan fingerprint density at radius 1 is 0.875 bits per heavy atom. The molecule has 0 aliphatic heterocycles. The van der Waals surface area contributed by atoms with Gasteiger partial charge in [0, 0.05) is 24.7 Å². The predicted octanol–water partition coefficient (Wildman–Crippen LogP) is 1.06. The third-order valence-corrected chi connectivity index (χ3v) is 0.671. The highest BCUT2D eigenvalue weighted by Crippen LogP contribution is 1.62. The molecule has 0 heterocycles. The van der Waals surface area contributed by atoms with Crippen LogP contribution >= 0.6 is 0 Å². The van der Waals surface area contributed by atoms with Crippen LogP contribution in [0.4, 0.5) is 0 Å². The van der Waals surface area contributed by atoms with Crippen molar-refractivity contribution in [2.45, 2.75) is 40.0 Å². The Bertz CT molecular complexity index is 81.7. The maximum absolute atomic E-state index is 8.81. The van der Waals surface area contributed by atoms with E-state index in [1.165, 1.54) is 0 Å². The minimum Gasteiger partial charge on any atom is -0.396 e. The van der Waals surface area contributed by atoms with E-state index in [4.69, 9.17) is 25.4 Å². The smallest absolute Gasteiger partial charge is 0.194 e. The number of aliphatic hydroxyl groups excluding tert-OH is 3. The van der Waals surface area contributed by atoms with E-state index < -0.39 is 4.92 Å². The standard InChI is InChI=1S/3C3H8O.CH3NO2/c3*1-2-3-4;1-2(3)4/h3*4H,2-3H2,1H3;1H3. The number of hydrogen-bond donors (Lipinski definition) is 3. The molecule has 0 saturated heterocycles. The second-order valence-electron chi connectivity index (χ2n) is 2.61. The Kier molecular flexibility index (Phi) is 56.2. The van der Waals surface area contributed by atoms with Gasteiger partial charge in [0.25, 0.3) is 0 Å². The topological polar surface area (TPSA) is 104 Å². The largest absolute Gasteiger partial charge is 0.396 e. The average Bonchev–Trinajstić information content (AvgIpc) is 2.28. The van der Waals surface area contributed by atoms with Gasteiger partial charge in [0.1, 0.15) is 0 Å². The van der Waals surface area contributed by atoms with E-state index in [1.54, 1.807) is 0 Å². The van der Waals surface area contributed by atoms with Gasteiger partial charge in [0.2, 0.25) is 0 Å². The van der Waals surface area contributed by atoms with E-state index in [2.05, 4.69) is 0 Å². The van der Waals surface area contributed by atoms with Crippen molar-refractivity contribution < 1.29 is 20.2 Å². The van der Waals surface area contributed by atoms with Crippen molar-refractivity contribution in [3.63, 3.8) is 0 Å². The molecule has 0 spiro atoms. The maximum Gasteiger partial charge on any atom is 0.194 e. The highest BCUT2D eigenvalue weighted by atomic mass is 16.6. The Hall–Kier alpha value is -0.720. The van der Waals surface area contributed by atoms with Crippen LogP contribution in [0.5, 0.6) is 0 Å². The molecule has 6 heteroatoms. The van der Waals surface area contributed by atoms with Crippen molar-refractivity contribution in [2.75, 3.05) is 26.9 Å². The predicted molar refractivity (Wildman–Crippen MR) is 65.0 cm³/mol. The normalized spacial score (nSPS) is 7.19. The zero-order valence-electron chi connectivity index (χ0n) is 10.8. The third-order valence-electron chi connectivity index (χ3n) is 0.671. The molecule has 0 aromatic heterocycles. The molecule has 0 atom stereocenters. The number of rotatable bonds is 3. The molecule has 0 radical (unpaired) electrons. The lowest BCUT2D eigenvalue weighted by molar-refractivity contribution is -0.445. The van der Waals surface area contributed by atoms with Crippen molar-refractivity contribution in [3.8, 4) is 0 Å². The SMILES string of the molecule is CCCO.CCCO.CCCO.C[N+](=O)[O-]. The van der Waals surface area contributed by atoms with E-state index in [0.29, 0.717) is 19.8 Å². The van der Waals surface area contributed by atoms with Crippen LogP contribution in [0.25, 0.3) is 0 Å². The fourth-order valence-electron chi connectivity index (χ4n) is 0. The molecule has 0 aromatic carbocycles. The molecule has 0 unspecified atom stereocenters. The van der Waals surface area contributed by atoms with Gasteiger partial charge in [-0.2, -0.15) is 0 Å². The lowest BCUT2D eigenvalue weighted by Crippen LogP contribution is -1.79. The summed E-state index contributed by atoms with van der Waals surface area (Å²) in [4.78, 5) is 8.31. The van der Waals surface area contributed by atoms with E-state index in [-0.39, 0.29) is 0 Å². The summed E-state index contributed by atoms with van der Waals surface area (Å²) in [6, 6.07) is 0. The number of aliphatic hydroxyl groups is 3. The van der Waals surface area contributed by atoms with Crippen LogP contribution in [0.2, 0.25) is 0 Å². The van der Waals surface area contributed by atoms with Gasteiger partial charge in [-0.1, -0.05) is 20.8 Å². The van der Waals surface area contributed by atoms with Crippen LogP contribution in [0.15, 0.2) is 0 Å². The summed E-state index contributed by atoms with van der Waals surface area (Å²) < 4.78 is 0. The molecular formula is C10H27NO5. The Balaban J connectivity index is -0.0000000600. The Labute approximate surface area is 98.1 Å². The monoisotopic (exact) mass is 241 g/mol. The molecule has 0 aromatic rings. The van der Waals surface area contributed by atoms with Crippen LogP contribution in [0.1, 0.15) is 40.0 Å². The van der Waals surface area contributed by atoms with Gasteiger partial charge in [-0.15, -0.1) is 0 Å². The second-order valence-corrected chi connectivity index (χ2v) is 2.61. The van der Waals surface area contributed by atoms with Gasteiger partial charge in [-0.25, -0.2) is 0 Å². The molecule has 0 aliphatic carbocycles. The minimum atomic E-state index is -0.500.